The van der Waals surface area contributed by atoms with Gasteiger partial charge in [0, 0.05) is 32.6 Å². The lowest BCUT2D eigenvalue weighted by molar-refractivity contribution is -0.135. The molecule has 1 aromatic rings. The molecule has 1 aromatic carbocycles. The highest BCUT2D eigenvalue weighted by Gasteiger charge is 2.51. The molecule has 3 fully saturated rings. The van der Waals surface area contributed by atoms with E-state index in [1.54, 1.807) is 0 Å². The van der Waals surface area contributed by atoms with E-state index in [2.05, 4.69) is 0 Å². The molecule has 7 heteroatoms. The third-order valence-corrected chi connectivity index (χ3v) is 6.76. The van der Waals surface area contributed by atoms with Crippen LogP contribution in [0.25, 0.3) is 0 Å². The van der Waals surface area contributed by atoms with Crippen LogP contribution in [0.1, 0.15) is 32.1 Å². The van der Waals surface area contributed by atoms with Gasteiger partial charge in [0.2, 0.25) is 5.91 Å². The second-order valence-corrected chi connectivity index (χ2v) is 8.46. The van der Waals surface area contributed by atoms with Crippen molar-refractivity contribution in [3.05, 3.63) is 30.1 Å². The standard InChI is InChI=1S/C22H29FN2O4/c23-18-3-5-19(6-4-18)29-15-21(27)25-14-17(22(16-25)8-1-9-22)2-7-20(26)24-10-12-28-13-11-24/h3-6,17H,1-2,7-16H2. The maximum Gasteiger partial charge on any atom is 0.260 e. The normalized spacial score (nSPS) is 23.1. The summed E-state index contributed by atoms with van der Waals surface area (Å²) in [7, 11) is 0. The summed E-state index contributed by atoms with van der Waals surface area (Å²) in [5, 5.41) is 0. The molecule has 2 amide bonds. The van der Waals surface area contributed by atoms with Crippen LogP contribution in [0.4, 0.5) is 4.39 Å². The van der Waals surface area contributed by atoms with Crippen molar-refractivity contribution in [1.29, 1.82) is 0 Å². The molecule has 3 aliphatic rings. The van der Waals surface area contributed by atoms with Gasteiger partial charge in [0.1, 0.15) is 11.6 Å². The number of rotatable bonds is 6. The molecule has 1 unspecified atom stereocenters. The third kappa shape index (κ3) is 4.55. The first-order valence-electron chi connectivity index (χ1n) is 10.6. The summed E-state index contributed by atoms with van der Waals surface area (Å²) in [6.07, 6.45) is 4.83. The van der Waals surface area contributed by atoms with E-state index in [-0.39, 0.29) is 29.7 Å². The van der Waals surface area contributed by atoms with Crippen LogP contribution in [0.3, 0.4) is 0 Å². The average molecular weight is 404 g/mol. The van der Waals surface area contributed by atoms with Gasteiger partial charge in [-0.05, 0) is 54.9 Å². The van der Waals surface area contributed by atoms with Gasteiger partial charge < -0.3 is 19.3 Å². The lowest BCUT2D eigenvalue weighted by atomic mass is 9.62. The molecule has 0 aromatic heterocycles. The third-order valence-electron chi connectivity index (χ3n) is 6.76. The highest BCUT2D eigenvalue weighted by molar-refractivity contribution is 5.78. The molecule has 2 aliphatic heterocycles. The van der Waals surface area contributed by atoms with Crippen LogP contribution in [0, 0.1) is 17.2 Å². The molecule has 0 N–H and O–H groups in total. The van der Waals surface area contributed by atoms with Gasteiger partial charge in [0.25, 0.3) is 5.91 Å². The van der Waals surface area contributed by atoms with Gasteiger partial charge in [-0.15, -0.1) is 0 Å². The van der Waals surface area contributed by atoms with Crippen LogP contribution in [-0.2, 0) is 14.3 Å². The summed E-state index contributed by atoms with van der Waals surface area (Å²) in [5.41, 5.74) is 0.177. The Hall–Kier alpha value is -2.15. The van der Waals surface area contributed by atoms with Gasteiger partial charge in [0.05, 0.1) is 13.2 Å². The summed E-state index contributed by atoms with van der Waals surface area (Å²) in [6, 6.07) is 5.70. The van der Waals surface area contributed by atoms with Crippen LogP contribution in [0.15, 0.2) is 24.3 Å². The van der Waals surface area contributed by atoms with Crippen molar-refractivity contribution in [3.8, 4) is 5.75 Å². The minimum atomic E-state index is -0.329. The van der Waals surface area contributed by atoms with Crippen molar-refractivity contribution in [2.75, 3.05) is 46.0 Å². The lowest BCUT2D eigenvalue weighted by Gasteiger charge is -2.43. The van der Waals surface area contributed by atoms with Crippen molar-refractivity contribution in [2.45, 2.75) is 32.1 Å². The fourth-order valence-corrected chi connectivity index (χ4v) is 4.85. The van der Waals surface area contributed by atoms with Crippen molar-refractivity contribution < 1.29 is 23.5 Å². The predicted octanol–water partition coefficient (Wildman–Crippen LogP) is 2.47. The number of benzene rings is 1. The Balaban J connectivity index is 1.29. The number of halogens is 1. The van der Waals surface area contributed by atoms with Gasteiger partial charge in [-0.25, -0.2) is 4.39 Å². The number of carbonyl (C=O) groups excluding carboxylic acids is 2. The molecule has 29 heavy (non-hydrogen) atoms. The molecule has 1 atom stereocenters. The van der Waals surface area contributed by atoms with E-state index in [4.69, 9.17) is 9.47 Å². The molecular formula is C22H29FN2O4. The molecule has 158 valence electrons. The Morgan fingerprint density at radius 2 is 1.83 bits per heavy atom. The van der Waals surface area contributed by atoms with Gasteiger partial charge in [0.15, 0.2) is 6.61 Å². The van der Waals surface area contributed by atoms with Crippen LogP contribution in [0.2, 0.25) is 0 Å². The summed E-state index contributed by atoms with van der Waals surface area (Å²) in [4.78, 5) is 29.0. The molecule has 4 rings (SSSR count). The Morgan fingerprint density at radius 1 is 1.10 bits per heavy atom. The maximum atomic E-state index is 13.0. The highest BCUT2D eigenvalue weighted by atomic mass is 19.1. The number of hydrogen-bond donors (Lipinski definition) is 0. The Bertz CT molecular complexity index is 729. The Kier molecular flexibility index (Phi) is 6.04. The number of nitrogens with zero attached hydrogens (tertiary/aromatic N) is 2. The van der Waals surface area contributed by atoms with Gasteiger partial charge >= 0.3 is 0 Å². The molecule has 1 saturated carbocycles. The summed E-state index contributed by atoms with van der Waals surface area (Å²) >= 11 is 0. The molecule has 0 radical (unpaired) electrons. The van der Waals surface area contributed by atoms with Crippen LogP contribution in [0.5, 0.6) is 5.75 Å². The number of carbonyl (C=O) groups is 2. The van der Waals surface area contributed by atoms with Crippen LogP contribution >= 0.6 is 0 Å². The summed E-state index contributed by atoms with van der Waals surface area (Å²) in [5.74, 6) is 0.695. The number of hydrogen-bond acceptors (Lipinski definition) is 4. The molecule has 0 bridgehead atoms. The van der Waals surface area contributed by atoms with Crippen LogP contribution in [-0.4, -0.2) is 67.6 Å². The first kappa shape index (κ1) is 20.1. The lowest BCUT2D eigenvalue weighted by Crippen LogP contribution is -2.42. The first-order valence-corrected chi connectivity index (χ1v) is 10.6. The van der Waals surface area contributed by atoms with Gasteiger partial charge in [-0.1, -0.05) is 6.42 Å². The van der Waals surface area contributed by atoms with Crippen molar-refractivity contribution >= 4 is 11.8 Å². The minimum absolute atomic E-state index is 0.0393. The van der Waals surface area contributed by atoms with E-state index in [1.165, 1.54) is 30.7 Å². The van der Waals surface area contributed by atoms with E-state index in [1.807, 2.05) is 9.80 Å². The molecule has 2 heterocycles. The van der Waals surface area contributed by atoms with Crippen molar-refractivity contribution in [1.82, 2.24) is 9.80 Å². The van der Waals surface area contributed by atoms with E-state index < -0.39 is 0 Å². The molecular weight excluding hydrogens is 375 g/mol. The van der Waals surface area contributed by atoms with E-state index in [9.17, 15) is 14.0 Å². The smallest absolute Gasteiger partial charge is 0.260 e. The van der Waals surface area contributed by atoms with Gasteiger partial charge in [-0.2, -0.15) is 0 Å². The number of likely N-dealkylation sites (tertiary alicyclic amines) is 1. The predicted molar refractivity (Wildman–Crippen MR) is 105 cm³/mol. The monoisotopic (exact) mass is 404 g/mol. The zero-order valence-electron chi connectivity index (χ0n) is 16.8. The number of ether oxygens (including phenoxy) is 2. The summed E-state index contributed by atoms with van der Waals surface area (Å²) in [6.45, 7) is 4.02. The summed E-state index contributed by atoms with van der Waals surface area (Å²) < 4.78 is 23.8. The second-order valence-electron chi connectivity index (χ2n) is 8.46. The Labute approximate surface area is 170 Å². The van der Waals surface area contributed by atoms with E-state index in [0.717, 1.165) is 25.8 Å². The quantitative estimate of drug-likeness (QED) is 0.731. The molecule has 1 aliphatic carbocycles. The largest absolute Gasteiger partial charge is 0.484 e. The topological polar surface area (TPSA) is 59.1 Å². The van der Waals surface area contributed by atoms with Crippen molar-refractivity contribution in [2.24, 2.45) is 11.3 Å². The minimum Gasteiger partial charge on any atom is -0.484 e. The molecule has 1 spiro atoms. The maximum absolute atomic E-state index is 13.0. The first-order chi connectivity index (χ1) is 14.1. The zero-order valence-corrected chi connectivity index (χ0v) is 16.8. The Morgan fingerprint density at radius 3 is 2.48 bits per heavy atom. The second kappa shape index (κ2) is 8.69. The fraction of sp³-hybridized carbons (Fsp3) is 0.636. The highest BCUT2D eigenvalue weighted by Crippen LogP contribution is 2.53. The zero-order chi connectivity index (χ0) is 20.3. The van der Waals surface area contributed by atoms with E-state index in [0.29, 0.717) is 50.9 Å². The van der Waals surface area contributed by atoms with E-state index >= 15 is 0 Å². The molecule has 6 nitrogen and oxygen atoms in total. The van der Waals surface area contributed by atoms with Crippen molar-refractivity contribution in [3.63, 3.8) is 0 Å². The van der Waals surface area contributed by atoms with Crippen LogP contribution < -0.4 is 4.74 Å². The number of amides is 2. The fourth-order valence-electron chi connectivity index (χ4n) is 4.85. The average Bonchev–Trinajstić information content (AvgIpc) is 3.12. The number of morpholine rings is 1. The SMILES string of the molecule is O=C(CCC1CN(C(=O)COc2ccc(F)cc2)CC12CCC2)N1CCOCC1. The molecule has 2 saturated heterocycles. The van der Waals surface area contributed by atoms with Gasteiger partial charge in [-0.3, -0.25) is 9.59 Å².